The molecule has 0 saturated carbocycles. The monoisotopic (exact) mass is 760 g/mol. The summed E-state index contributed by atoms with van der Waals surface area (Å²) in [7, 11) is 0. The highest BCUT2D eigenvalue weighted by Gasteiger charge is 2.28. The van der Waals surface area contributed by atoms with E-state index in [1.165, 1.54) is 0 Å². The van der Waals surface area contributed by atoms with Gasteiger partial charge in [-0.05, 0) is 82.9 Å². The molecule has 2 aromatic carbocycles. The Kier molecular flexibility index (Phi) is 10.5. The van der Waals surface area contributed by atoms with Gasteiger partial charge < -0.3 is 24.6 Å². The number of nitrogens with one attached hydrogen (secondary N) is 2. The maximum atomic E-state index is 13.7. The van der Waals surface area contributed by atoms with Crippen molar-refractivity contribution < 1.29 is 23.5 Å². The molecule has 7 nitrogen and oxygen atoms in total. The molecular formula is C40H45IN2O5. The minimum absolute atomic E-state index is 0.00441. The maximum Gasteiger partial charge on any atom is 0.338 e. The average molecular weight is 761 g/mol. The lowest BCUT2D eigenvalue weighted by molar-refractivity contribution is -0.144. The van der Waals surface area contributed by atoms with Crippen molar-refractivity contribution in [2.75, 3.05) is 18.5 Å². The lowest BCUT2D eigenvalue weighted by Crippen LogP contribution is -2.31. The van der Waals surface area contributed by atoms with Crippen LogP contribution in [0.1, 0.15) is 95.6 Å². The molecular weight excluding hydrogens is 715 g/mol. The number of ether oxygens (including phenoxy) is 2. The third-order valence-corrected chi connectivity index (χ3v) is 8.73. The molecule has 0 fully saturated rings. The van der Waals surface area contributed by atoms with Crippen molar-refractivity contribution in [3.8, 4) is 22.5 Å². The molecule has 8 heteroatoms. The van der Waals surface area contributed by atoms with Gasteiger partial charge in [0.1, 0.15) is 24.6 Å². The van der Waals surface area contributed by atoms with Crippen molar-refractivity contribution in [2.24, 2.45) is 0 Å². The van der Waals surface area contributed by atoms with Crippen LogP contribution in [0.2, 0.25) is 0 Å². The third kappa shape index (κ3) is 8.02. The fourth-order valence-electron chi connectivity index (χ4n) is 6.46. The van der Waals surface area contributed by atoms with Gasteiger partial charge in [0.15, 0.2) is 0 Å². The molecule has 0 atom stereocenters. The molecule has 5 rings (SSSR count). The second-order valence-corrected chi connectivity index (χ2v) is 16.5. The Morgan fingerprint density at radius 3 is 2.46 bits per heavy atom. The number of carbonyl (C=O) groups is 2. The van der Waals surface area contributed by atoms with Crippen LogP contribution in [0.5, 0.6) is 0 Å². The summed E-state index contributed by atoms with van der Waals surface area (Å²) in [6, 6.07) is 15.3. The fourth-order valence-corrected chi connectivity index (χ4v) is 6.93. The zero-order valence-electron chi connectivity index (χ0n) is 28.9. The van der Waals surface area contributed by atoms with Crippen LogP contribution in [-0.4, -0.2) is 34.1 Å². The number of hydrogen-bond donors (Lipinski definition) is 2. The molecule has 252 valence electrons. The Labute approximate surface area is 296 Å². The summed E-state index contributed by atoms with van der Waals surface area (Å²) >= 11 is 2.39. The zero-order chi connectivity index (χ0) is 34.8. The first-order valence-corrected chi connectivity index (χ1v) is 17.7. The summed E-state index contributed by atoms with van der Waals surface area (Å²) < 4.78 is 17.4. The normalized spacial score (nSPS) is 14.3. The number of hydrogen-bond acceptors (Lipinski definition) is 7. The van der Waals surface area contributed by atoms with Gasteiger partial charge in [-0.1, -0.05) is 72.7 Å². The van der Waals surface area contributed by atoms with Crippen LogP contribution in [0.25, 0.3) is 44.6 Å². The molecule has 0 saturated heterocycles. The number of fused-ring (bicyclic) bond motifs is 3. The van der Waals surface area contributed by atoms with Gasteiger partial charge in [-0.25, -0.2) is 4.79 Å². The van der Waals surface area contributed by atoms with Crippen LogP contribution in [0.15, 0.2) is 65.1 Å². The highest BCUT2D eigenvalue weighted by molar-refractivity contribution is 14.1. The molecule has 0 amide bonds. The van der Waals surface area contributed by atoms with Crippen LogP contribution < -0.4 is 10.7 Å². The van der Waals surface area contributed by atoms with Crippen molar-refractivity contribution >= 4 is 62.3 Å². The Bertz CT molecular complexity index is 1960. The van der Waals surface area contributed by atoms with Crippen molar-refractivity contribution in [1.82, 2.24) is 0 Å². The molecule has 0 radical (unpaired) electrons. The summed E-state index contributed by atoms with van der Waals surface area (Å²) in [6.45, 7) is 14.7. The second-order valence-electron chi connectivity index (χ2n) is 13.7. The number of halogens is 1. The van der Waals surface area contributed by atoms with Crippen LogP contribution >= 0.6 is 22.6 Å². The molecule has 2 aromatic rings. The summed E-state index contributed by atoms with van der Waals surface area (Å²) in [6.07, 6.45) is 7.52. The molecule has 48 heavy (non-hydrogen) atoms. The van der Waals surface area contributed by atoms with Crippen LogP contribution in [0.3, 0.4) is 0 Å². The summed E-state index contributed by atoms with van der Waals surface area (Å²) in [5, 5.41) is 13.8. The van der Waals surface area contributed by atoms with Crippen molar-refractivity contribution in [2.45, 2.75) is 83.1 Å². The minimum Gasteiger partial charge on any atom is -0.462 e. The van der Waals surface area contributed by atoms with E-state index in [0.29, 0.717) is 34.2 Å². The number of alkyl halides is 1. The Balaban J connectivity index is 1.65. The van der Waals surface area contributed by atoms with E-state index in [2.05, 4.69) is 87.7 Å². The molecule has 0 unspecified atom stereocenters. The standard InChI is InChI=1S/C40H45IN2O5/c1-8-9-10-15-36(44)46-16-17-47-38(45)27-14-12-11-13-26(27)37-30-18-28(24(2)22-39(4,5)41)32(42)20-34(30)48-35-21-33-29(19-31(35)37)25(3)23-40(6,7)43-33/h11-14,18-23,42-43H,8-10,15-17H2,1-7H3/b24-22-,42-32?. The van der Waals surface area contributed by atoms with E-state index in [9.17, 15) is 9.59 Å². The highest BCUT2D eigenvalue weighted by atomic mass is 127. The fraction of sp³-hybridized carbons (Fsp3) is 0.375. The smallest absolute Gasteiger partial charge is 0.338 e. The molecule has 2 heterocycles. The van der Waals surface area contributed by atoms with E-state index in [0.717, 1.165) is 63.7 Å². The third-order valence-electron chi connectivity index (χ3n) is 8.42. The van der Waals surface area contributed by atoms with E-state index in [-0.39, 0.29) is 28.1 Å². The van der Waals surface area contributed by atoms with Gasteiger partial charge in [0.2, 0.25) is 0 Å². The first-order chi connectivity index (χ1) is 22.7. The molecule has 0 bridgehead atoms. The Hall–Kier alpha value is -3.92. The van der Waals surface area contributed by atoms with Gasteiger partial charge >= 0.3 is 11.9 Å². The number of carbonyl (C=O) groups excluding carboxylic acids is 2. The Morgan fingerprint density at radius 1 is 1.00 bits per heavy atom. The quantitative estimate of drug-likeness (QED) is 0.0519. The van der Waals surface area contributed by atoms with E-state index in [1.54, 1.807) is 12.1 Å². The Morgan fingerprint density at radius 2 is 1.73 bits per heavy atom. The predicted octanol–water partition coefficient (Wildman–Crippen LogP) is 10.2. The van der Waals surface area contributed by atoms with E-state index < -0.39 is 5.97 Å². The second kappa shape index (κ2) is 14.3. The maximum absolute atomic E-state index is 13.7. The number of allylic oxidation sites excluding steroid dienone is 3. The summed E-state index contributed by atoms with van der Waals surface area (Å²) in [4.78, 5) is 25.7. The SMILES string of the molecule is CCCCCC(=O)OCCOC(=O)c1ccccc1-c1c2cc(/C(C)=C\C(C)(C)I)c(=N)cc-2oc2cc3c(cc12)C(C)=CC(C)(C)N3. The van der Waals surface area contributed by atoms with Crippen molar-refractivity contribution in [3.05, 3.63) is 82.7 Å². The van der Waals surface area contributed by atoms with Crippen LogP contribution in [0, 0.1) is 5.41 Å². The molecule has 3 aliphatic rings. The van der Waals surface area contributed by atoms with E-state index in [4.69, 9.17) is 19.3 Å². The highest BCUT2D eigenvalue weighted by Crippen LogP contribution is 2.45. The van der Waals surface area contributed by atoms with Crippen molar-refractivity contribution in [3.63, 3.8) is 0 Å². The van der Waals surface area contributed by atoms with Gasteiger partial charge in [0.05, 0.1) is 16.5 Å². The number of anilines is 1. The summed E-state index contributed by atoms with van der Waals surface area (Å²) in [5.41, 5.74) is 8.04. The van der Waals surface area contributed by atoms with Gasteiger partial charge in [-0.15, -0.1) is 0 Å². The first-order valence-electron chi connectivity index (χ1n) is 16.6. The van der Waals surface area contributed by atoms with Crippen molar-refractivity contribution in [1.29, 1.82) is 5.41 Å². The van der Waals surface area contributed by atoms with E-state index in [1.807, 2.05) is 37.3 Å². The van der Waals surface area contributed by atoms with Gasteiger partial charge in [0, 0.05) is 55.3 Å². The number of rotatable bonds is 11. The lowest BCUT2D eigenvalue weighted by atomic mass is 9.86. The molecule has 1 aliphatic carbocycles. The molecule has 2 N–H and O–H groups in total. The van der Waals surface area contributed by atoms with Gasteiger partial charge in [-0.2, -0.15) is 0 Å². The molecule has 0 aromatic heterocycles. The largest absolute Gasteiger partial charge is 0.462 e. The van der Waals surface area contributed by atoms with Gasteiger partial charge in [0.25, 0.3) is 0 Å². The summed E-state index contributed by atoms with van der Waals surface area (Å²) in [5.74, 6) is -0.239. The number of unbranched alkanes of at least 4 members (excludes halogenated alkanes) is 2. The van der Waals surface area contributed by atoms with Crippen LogP contribution in [-0.2, 0) is 14.3 Å². The predicted molar refractivity (Wildman–Crippen MR) is 203 cm³/mol. The lowest BCUT2D eigenvalue weighted by Gasteiger charge is -2.32. The first kappa shape index (κ1) is 35.4. The number of esters is 2. The number of benzene rings is 3. The topological polar surface area (TPSA) is 102 Å². The van der Waals surface area contributed by atoms with Gasteiger partial charge in [-0.3, -0.25) is 4.79 Å². The minimum atomic E-state index is -0.507. The van der Waals surface area contributed by atoms with E-state index >= 15 is 0 Å². The van der Waals surface area contributed by atoms with Crippen LogP contribution in [0.4, 0.5) is 5.69 Å². The molecule has 0 spiro atoms. The zero-order valence-corrected chi connectivity index (χ0v) is 31.1. The average Bonchev–Trinajstić information content (AvgIpc) is 2.99. The molecule has 2 aliphatic heterocycles.